The van der Waals surface area contributed by atoms with Crippen molar-refractivity contribution in [3.05, 3.63) is 47.5 Å². The van der Waals surface area contributed by atoms with Crippen molar-refractivity contribution in [2.24, 2.45) is 0 Å². The quantitative estimate of drug-likeness (QED) is 0.447. The Balaban J connectivity index is 2.34. The van der Waals surface area contributed by atoms with E-state index in [1.54, 1.807) is 10.3 Å². The summed E-state index contributed by atoms with van der Waals surface area (Å²) < 4.78 is 5.59. The van der Waals surface area contributed by atoms with Crippen LogP contribution >= 0.6 is 32.5 Å². The molecule has 1 heterocycles. The second kappa shape index (κ2) is 4.09. The number of hydrogen-bond acceptors (Lipinski definition) is 2. The third-order valence-electron chi connectivity index (χ3n) is 2.38. The number of hydrogen-bond donors (Lipinski definition) is 0. The van der Waals surface area contributed by atoms with Gasteiger partial charge in [-0.3, -0.25) is 0 Å². The lowest BCUT2D eigenvalue weighted by Gasteiger charge is -2.00. The first-order valence-corrected chi connectivity index (χ1v) is 7.27. The summed E-state index contributed by atoms with van der Waals surface area (Å²) in [5.74, 6) is 0. The van der Waals surface area contributed by atoms with Crippen molar-refractivity contribution in [1.29, 1.82) is 0 Å². The van der Waals surface area contributed by atoms with Crippen LogP contribution in [0.4, 0.5) is 0 Å². The molecule has 0 aliphatic rings. The lowest BCUT2D eigenvalue weighted by molar-refractivity contribution is 1.61. The normalized spacial score (nSPS) is 10.8. The largest absolute Gasteiger partial charge is 0.323 e. The van der Waals surface area contributed by atoms with Crippen molar-refractivity contribution >= 4 is 42.7 Å². The van der Waals surface area contributed by atoms with Gasteiger partial charge in [-0.2, -0.15) is 0 Å². The van der Waals surface area contributed by atoms with E-state index in [4.69, 9.17) is 11.6 Å². The SMILES string of the molecule is Clc1cc(-c2ccccc2)c2ns[s+]c2c1. The van der Waals surface area contributed by atoms with Crippen molar-refractivity contribution in [2.75, 3.05) is 0 Å². The van der Waals surface area contributed by atoms with Gasteiger partial charge in [0.1, 0.15) is 0 Å². The van der Waals surface area contributed by atoms with Gasteiger partial charge in [-0.1, -0.05) is 41.9 Å². The van der Waals surface area contributed by atoms with Crippen LogP contribution < -0.4 is 0 Å². The molecule has 1 aromatic heterocycles. The van der Waals surface area contributed by atoms with Gasteiger partial charge in [-0.15, -0.1) is 4.37 Å². The Hall–Kier alpha value is -1.03. The number of aromatic nitrogens is 1. The van der Waals surface area contributed by atoms with E-state index in [2.05, 4.69) is 16.5 Å². The van der Waals surface area contributed by atoms with E-state index >= 15 is 0 Å². The van der Waals surface area contributed by atoms with Crippen LogP contribution in [-0.2, 0) is 0 Å². The maximum Gasteiger partial charge on any atom is 0.323 e. The first-order chi connectivity index (χ1) is 7.84. The van der Waals surface area contributed by atoms with Crippen molar-refractivity contribution in [3.8, 4) is 11.1 Å². The summed E-state index contributed by atoms with van der Waals surface area (Å²) in [4.78, 5) is 0. The number of benzene rings is 2. The van der Waals surface area contributed by atoms with E-state index in [1.807, 2.05) is 30.3 Å². The van der Waals surface area contributed by atoms with Gasteiger partial charge < -0.3 is 0 Å². The number of nitrogens with zero attached hydrogens (tertiary/aromatic N) is 1. The minimum absolute atomic E-state index is 0.766. The second-order valence-corrected chi connectivity index (χ2v) is 5.74. The van der Waals surface area contributed by atoms with Crippen LogP contribution in [0.15, 0.2) is 42.5 Å². The Kier molecular flexibility index (Phi) is 2.59. The fourth-order valence-electron chi connectivity index (χ4n) is 1.67. The maximum absolute atomic E-state index is 6.11. The summed E-state index contributed by atoms with van der Waals surface area (Å²) in [6.07, 6.45) is 0. The van der Waals surface area contributed by atoms with Crippen molar-refractivity contribution < 1.29 is 0 Å². The molecule has 3 aromatic rings. The summed E-state index contributed by atoms with van der Waals surface area (Å²) in [7, 11) is 3.16. The highest BCUT2D eigenvalue weighted by Gasteiger charge is 2.16. The number of halogens is 1. The molecule has 3 rings (SSSR count). The van der Waals surface area contributed by atoms with Crippen LogP contribution in [0.1, 0.15) is 0 Å². The molecule has 0 amide bonds. The molecule has 0 N–H and O–H groups in total. The van der Waals surface area contributed by atoms with Gasteiger partial charge in [-0.05, 0) is 11.6 Å². The zero-order valence-corrected chi connectivity index (χ0v) is 10.6. The highest BCUT2D eigenvalue weighted by Crippen LogP contribution is 2.34. The van der Waals surface area contributed by atoms with Gasteiger partial charge in [0.15, 0.2) is 5.52 Å². The van der Waals surface area contributed by atoms with Gasteiger partial charge in [-0.25, -0.2) is 0 Å². The van der Waals surface area contributed by atoms with Gasteiger partial charge in [0.25, 0.3) is 15.2 Å². The summed E-state index contributed by atoms with van der Waals surface area (Å²) in [6.45, 7) is 0. The van der Waals surface area contributed by atoms with E-state index in [9.17, 15) is 0 Å². The Morgan fingerprint density at radius 1 is 1.12 bits per heavy atom. The fraction of sp³-hybridized carbons (Fsp3) is 0. The molecule has 0 unspecified atom stereocenters. The first kappa shape index (κ1) is 10.1. The molecule has 0 aliphatic carbocycles. The molecule has 0 fully saturated rings. The molecule has 0 saturated heterocycles. The summed E-state index contributed by atoms with van der Waals surface area (Å²) >= 11 is 6.11. The molecule has 16 heavy (non-hydrogen) atoms. The Morgan fingerprint density at radius 2 is 1.94 bits per heavy atom. The molecule has 0 aliphatic heterocycles. The fourth-order valence-corrected chi connectivity index (χ4v) is 3.76. The maximum atomic E-state index is 6.11. The third-order valence-corrected chi connectivity index (χ3v) is 4.41. The van der Waals surface area contributed by atoms with Gasteiger partial charge in [0.05, 0.1) is 0 Å². The molecule has 78 valence electrons. The minimum atomic E-state index is 0.766. The molecule has 0 spiro atoms. The van der Waals surface area contributed by atoms with Crippen molar-refractivity contribution in [1.82, 2.24) is 4.37 Å². The van der Waals surface area contributed by atoms with Crippen LogP contribution in [-0.4, -0.2) is 4.37 Å². The Labute approximate surface area is 106 Å². The minimum Gasteiger partial charge on any atom is -0.134 e. The van der Waals surface area contributed by atoms with Gasteiger partial charge >= 0.3 is 10.3 Å². The smallest absolute Gasteiger partial charge is 0.134 e. The molecule has 0 saturated carbocycles. The summed E-state index contributed by atoms with van der Waals surface area (Å²) in [6, 6.07) is 14.2. The summed E-state index contributed by atoms with van der Waals surface area (Å²) in [5.41, 5.74) is 3.32. The lowest BCUT2D eigenvalue weighted by atomic mass is 10.1. The number of fused-ring (bicyclic) bond motifs is 1. The molecule has 0 atom stereocenters. The zero-order chi connectivity index (χ0) is 11.0. The molecular formula is C12H7ClNS2+. The predicted octanol–water partition coefficient (Wildman–Crippen LogP) is 4.96. The topological polar surface area (TPSA) is 12.9 Å². The Bertz CT molecular complexity index is 634. The van der Waals surface area contributed by atoms with E-state index in [1.165, 1.54) is 10.5 Å². The zero-order valence-electron chi connectivity index (χ0n) is 8.18. The number of rotatable bonds is 1. The van der Waals surface area contributed by atoms with Crippen LogP contribution in [0.2, 0.25) is 5.02 Å². The van der Waals surface area contributed by atoms with Crippen LogP contribution in [0.5, 0.6) is 0 Å². The predicted molar refractivity (Wildman–Crippen MR) is 72.4 cm³/mol. The Morgan fingerprint density at radius 3 is 2.75 bits per heavy atom. The third kappa shape index (κ3) is 1.71. The lowest BCUT2D eigenvalue weighted by Crippen LogP contribution is -1.80. The van der Waals surface area contributed by atoms with E-state index in [0.29, 0.717) is 0 Å². The van der Waals surface area contributed by atoms with E-state index in [0.717, 1.165) is 26.4 Å². The molecule has 2 aromatic carbocycles. The van der Waals surface area contributed by atoms with Crippen LogP contribution in [0.25, 0.3) is 21.3 Å². The highest BCUT2D eigenvalue weighted by molar-refractivity contribution is 7.69. The van der Waals surface area contributed by atoms with E-state index in [-0.39, 0.29) is 0 Å². The molecule has 4 heteroatoms. The highest BCUT2D eigenvalue weighted by atomic mass is 35.5. The second-order valence-electron chi connectivity index (χ2n) is 3.42. The van der Waals surface area contributed by atoms with Gasteiger partial charge in [0.2, 0.25) is 0 Å². The molecule has 1 nitrogen and oxygen atoms in total. The molecule has 0 radical (unpaired) electrons. The van der Waals surface area contributed by atoms with Crippen LogP contribution in [0.3, 0.4) is 0 Å². The molecular weight excluding hydrogens is 258 g/mol. The van der Waals surface area contributed by atoms with E-state index < -0.39 is 0 Å². The standard InChI is InChI=1S/C12H7ClNS2/c13-9-6-10(8-4-2-1-3-5-8)12-11(7-9)15-16-14-12/h1-7H/q+1. The monoisotopic (exact) mass is 264 g/mol. The van der Waals surface area contributed by atoms with Crippen molar-refractivity contribution in [2.45, 2.75) is 0 Å². The van der Waals surface area contributed by atoms with Gasteiger partial charge in [0, 0.05) is 16.7 Å². The molecule has 0 bridgehead atoms. The van der Waals surface area contributed by atoms with Crippen LogP contribution in [0, 0.1) is 0 Å². The average molecular weight is 265 g/mol. The average Bonchev–Trinajstić information content (AvgIpc) is 2.77. The van der Waals surface area contributed by atoms with Crippen molar-refractivity contribution in [3.63, 3.8) is 0 Å². The first-order valence-electron chi connectivity index (χ1n) is 4.78. The summed E-state index contributed by atoms with van der Waals surface area (Å²) in [5, 5.41) is 0.766.